The highest BCUT2D eigenvalue weighted by Crippen LogP contribution is 2.07. The Hall–Kier alpha value is -1.39. The van der Waals surface area contributed by atoms with E-state index >= 15 is 0 Å². The molecule has 1 aliphatic heterocycles. The largest absolute Gasteiger partial charge is 0.478 e. The molecule has 16 heavy (non-hydrogen) atoms. The molecule has 0 amide bonds. The van der Waals surface area contributed by atoms with Gasteiger partial charge in [-0.05, 0) is 24.1 Å². The highest BCUT2D eigenvalue weighted by atomic mass is 16.4. The van der Waals surface area contributed by atoms with Crippen LogP contribution in [0.5, 0.6) is 0 Å². The summed E-state index contributed by atoms with van der Waals surface area (Å²) in [7, 11) is 0. The van der Waals surface area contributed by atoms with Crippen molar-refractivity contribution < 1.29 is 9.90 Å². The zero-order valence-electron chi connectivity index (χ0n) is 9.07. The predicted octanol–water partition coefficient (Wildman–Crippen LogP) is 0.489. The van der Waals surface area contributed by atoms with Crippen LogP contribution in [0.25, 0.3) is 0 Å². The van der Waals surface area contributed by atoms with Crippen LogP contribution in [0.3, 0.4) is 0 Å². The summed E-state index contributed by atoms with van der Waals surface area (Å²) in [4.78, 5) is 10.7. The van der Waals surface area contributed by atoms with Gasteiger partial charge in [-0.25, -0.2) is 4.79 Å². The molecule has 0 aliphatic carbocycles. The van der Waals surface area contributed by atoms with Crippen LogP contribution in [0.2, 0.25) is 0 Å². The van der Waals surface area contributed by atoms with Gasteiger partial charge < -0.3 is 15.7 Å². The van der Waals surface area contributed by atoms with E-state index in [0.29, 0.717) is 11.6 Å². The van der Waals surface area contributed by atoms with E-state index in [1.807, 2.05) is 12.1 Å². The van der Waals surface area contributed by atoms with Gasteiger partial charge in [-0.1, -0.05) is 12.1 Å². The van der Waals surface area contributed by atoms with Gasteiger partial charge in [0.15, 0.2) is 0 Å². The van der Waals surface area contributed by atoms with Crippen LogP contribution in [0.4, 0.5) is 0 Å². The number of hydrogen-bond acceptors (Lipinski definition) is 3. The summed E-state index contributed by atoms with van der Waals surface area (Å²) < 4.78 is 0. The molecule has 0 saturated carbocycles. The van der Waals surface area contributed by atoms with Crippen molar-refractivity contribution in [3.8, 4) is 0 Å². The molecule has 1 saturated heterocycles. The first-order valence-electron chi connectivity index (χ1n) is 5.52. The zero-order valence-corrected chi connectivity index (χ0v) is 9.07. The fraction of sp³-hybridized carbons (Fsp3) is 0.417. The van der Waals surface area contributed by atoms with Crippen LogP contribution in [0.1, 0.15) is 15.9 Å². The molecular weight excluding hydrogens is 204 g/mol. The lowest BCUT2D eigenvalue weighted by molar-refractivity contribution is 0.0697. The lowest BCUT2D eigenvalue weighted by Crippen LogP contribution is -2.49. The summed E-state index contributed by atoms with van der Waals surface area (Å²) >= 11 is 0. The summed E-state index contributed by atoms with van der Waals surface area (Å²) in [6.45, 7) is 2.99. The van der Waals surface area contributed by atoms with Gasteiger partial charge in [0.05, 0.1) is 5.56 Å². The fourth-order valence-electron chi connectivity index (χ4n) is 1.93. The van der Waals surface area contributed by atoms with Gasteiger partial charge in [0.1, 0.15) is 0 Å². The Morgan fingerprint density at radius 3 is 2.62 bits per heavy atom. The molecule has 1 atom stereocenters. The molecule has 1 heterocycles. The van der Waals surface area contributed by atoms with E-state index in [0.717, 1.165) is 26.1 Å². The molecular formula is C12H16N2O2. The first kappa shape index (κ1) is 11.1. The lowest BCUT2D eigenvalue weighted by atomic mass is 10.0. The molecule has 1 aromatic rings. The second kappa shape index (κ2) is 5.09. The summed E-state index contributed by atoms with van der Waals surface area (Å²) in [5, 5.41) is 15.5. The number of rotatable bonds is 3. The maximum absolute atomic E-state index is 10.7. The van der Waals surface area contributed by atoms with Crippen molar-refractivity contribution in [3.05, 3.63) is 35.4 Å². The summed E-state index contributed by atoms with van der Waals surface area (Å²) in [5.41, 5.74) is 1.52. The van der Waals surface area contributed by atoms with E-state index in [2.05, 4.69) is 10.6 Å². The number of carboxylic acids is 1. The Kier molecular flexibility index (Phi) is 3.54. The van der Waals surface area contributed by atoms with Crippen LogP contribution in [0.15, 0.2) is 24.3 Å². The van der Waals surface area contributed by atoms with Gasteiger partial charge in [0.25, 0.3) is 0 Å². The van der Waals surface area contributed by atoms with Gasteiger partial charge in [-0.3, -0.25) is 0 Å². The molecule has 0 unspecified atom stereocenters. The topological polar surface area (TPSA) is 61.4 Å². The second-order valence-electron chi connectivity index (χ2n) is 4.06. The number of nitrogens with one attached hydrogen (secondary N) is 2. The van der Waals surface area contributed by atoms with Crippen molar-refractivity contribution in [2.45, 2.75) is 12.5 Å². The van der Waals surface area contributed by atoms with Crippen molar-refractivity contribution in [1.82, 2.24) is 10.6 Å². The molecule has 1 aliphatic rings. The summed E-state index contributed by atoms with van der Waals surface area (Å²) in [5.74, 6) is -0.871. The number of carboxylic acid groups (broad SMARTS) is 1. The number of benzene rings is 1. The van der Waals surface area contributed by atoms with Crippen LogP contribution in [-0.4, -0.2) is 36.8 Å². The average Bonchev–Trinajstić information content (AvgIpc) is 2.31. The maximum Gasteiger partial charge on any atom is 0.335 e. The SMILES string of the molecule is O=C(O)c1ccc(C[C@@H]2CNCCN2)cc1. The second-order valence-corrected chi connectivity index (χ2v) is 4.06. The molecule has 1 aromatic carbocycles. The van der Waals surface area contributed by atoms with Gasteiger partial charge in [-0.2, -0.15) is 0 Å². The Labute approximate surface area is 94.7 Å². The Morgan fingerprint density at radius 2 is 2.06 bits per heavy atom. The molecule has 1 fully saturated rings. The minimum Gasteiger partial charge on any atom is -0.478 e. The van der Waals surface area contributed by atoms with Crippen molar-refractivity contribution in [2.24, 2.45) is 0 Å². The molecule has 4 nitrogen and oxygen atoms in total. The van der Waals surface area contributed by atoms with Crippen molar-refractivity contribution >= 4 is 5.97 Å². The molecule has 86 valence electrons. The molecule has 0 aromatic heterocycles. The molecule has 0 radical (unpaired) electrons. The molecule has 0 bridgehead atoms. The van der Waals surface area contributed by atoms with Gasteiger partial charge >= 0.3 is 5.97 Å². The predicted molar refractivity (Wildman–Crippen MR) is 61.8 cm³/mol. The molecule has 2 rings (SSSR count). The molecule has 3 N–H and O–H groups in total. The zero-order chi connectivity index (χ0) is 11.4. The highest BCUT2D eigenvalue weighted by molar-refractivity contribution is 5.87. The van der Waals surface area contributed by atoms with Gasteiger partial charge in [0.2, 0.25) is 0 Å². The van der Waals surface area contributed by atoms with Crippen molar-refractivity contribution in [1.29, 1.82) is 0 Å². The minimum atomic E-state index is -0.871. The Bertz CT molecular complexity index is 356. The third-order valence-electron chi connectivity index (χ3n) is 2.81. The summed E-state index contributed by atoms with van der Waals surface area (Å²) in [6, 6.07) is 7.55. The van der Waals surface area contributed by atoms with E-state index in [4.69, 9.17) is 5.11 Å². The van der Waals surface area contributed by atoms with E-state index < -0.39 is 5.97 Å². The fourth-order valence-corrected chi connectivity index (χ4v) is 1.93. The third kappa shape index (κ3) is 2.81. The van der Waals surface area contributed by atoms with Crippen molar-refractivity contribution in [3.63, 3.8) is 0 Å². The van der Waals surface area contributed by atoms with Crippen LogP contribution in [-0.2, 0) is 6.42 Å². The monoisotopic (exact) mass is 220 g/mol. The smallest absolute Gasteiger partial charge is 0.335 e. The standard InChI is InChI=1S/C12H16N2O2/c15-12(16)10-3-1-9(2-4-10)7-11-8-13-5-6-14-11/h1-4,11,13-14H,5-8H2,(H,15,16)/t11-/m1/s1. The van der Waals surface area contributed by atoms with Crippen LogP contribution >= 0.6 is 0 Å². The quantitative estimate of drug-likeness (QED) is 0.693. The minimum absolute atomic E-state index is 0.346. The van der Waals surface area contributed by atoms with Gasteiger partial charge in [-0.15, -0.1) is 0 Å². The van der Waals surface area contributed by atoms with E-state index in [-0.39, 0.29) is 0 Å². The van der Waals surface area contributed by atoms with E-state index in [9.17, 15) is 4.79 Å². The highest BCUT2D eigenvalue weighted by Gasteiger charge is 2.12. The number of carbonyl (C=O) groups is 1. The first-order valence-corrected chi connectivity index (χ1v) is 5.52. The van der Waals surface area contributed by atoms with Crippen LogP contribution < -0.4 is 10.6 Å². The normalized spacial score (nSPS) is 20.6. The van der Waals surface area contributed by atoms with Crippen molar-refractivity contribution in [2.75, 3.05) is 19.6 Å². The maximum atomic E-state index is 10.7. The van der Waals surface area contributed by atoms with E-state index in [1.54, 1.807) is 12.1 Å². The Morgan fingerprint density at radius 1 is 1.31 bits per heavy atom. The lowest BCUT2D eigenvalue weighted by Gasteiger charge is -2.24. The molecule has 0 spiro atoms. The average molecular weight is 220 g/mol. The summed E-state index contributed by atoms with van der Waals surface area (Å²) in [6.07, 6.45) is 0.937. The van der Waals surface area contributed by atoms with E-state index in [1.165, 1.54) is 5.56 Å². The third-order valence-corrected chi connectivity index (χ3v) is 2.81. The van der Waals surface area contributed by atoms with Gasteiger partial charge in [0, 0.05) is 25.7 Å². The number of hydrogen-bond donors (Lipinski definition) is 3. The first-order chi connectivity index (χ1) is 7.75. The number of aromatic carboxylic acids is 1. The van der Waals surface area contributed by atoms with Crippen LogP contribution in [0, 0.1) is 0 Å². The number of piperazine rings is 1. The Balaban J connectivity index is 1.96. The molecule has 4 heteroatoms.